The molecule has 2 aromatic carbocycles. The number of methoxy groups -OCH3 is 1. The van der Waals surface area contributed by atoms with Gasteiger partial charge in [0.05, 0.1) is 7.11 Å². The van der Waals surface area contributed by atoms with E-state index in [1.165, 1.54) is 48.4 Å². The second kappa shape index (κ2) is 6.88. The minimum atomic E-state index is -0.706. The Morgan fingerprint density at radius 1 is 1.20 bits per heavy atom. The number of carbonyl (C=O) groups excluding carboxylic acids is 2. The van der Waals surface area contributed by atoms with Crippen LogP contribution in [0.4, 0.5) is 14.5 Å². The lowest BCUT2D eigenvalue weighted by atomic mass is 10.1. The maximum absolute atomic E-state index is 13.7. The van der Waals surface area contributed by atoms with Crippen molar-refractivity contribution in [3.8, 4) is 5.75 Å². The number of hydrogen-bond donors (Lipinski definition) is 1. The summed E-state index contributed by atoms with van der Waals surface area (Å²) >= 11 is 0. The highest BCUT2D eigenvalue weighted by atomic mass is 19.1. The summed E-state index contributed by atoms with van der Waals surface area (Å²) in [4.78, 5) is 26.2. The quantitative estimate of drug-likeness (QED) is 0.925. The molecule has 7 heteroatoms. The monoisotopic (exact) mass is 346 g/mol. The Hall–Kier alpha value is -2.96. The third-order valence-electron chi connectivity index (χ3n) is 4.06. The van der Waals surface area contributed by atoms with E-state index in [-0.39, 0.29) is 23.0 Å². The van der Waals surface area contributed by atoms with Crippen LogP contribution in [-0.4, -0.2) is 31.5 Å². The van der Waals surface area contributed by atoms with Gasteiger partial charge in [-0.25, -0.2) is 8.78 Å². The number of nitrogens with zero attached hydrogens (tertiary/aromatic N) is 1. The molecule has 1 N–H and O–H groups in total. The number of benzene rings is 2. The van der Waals surface area contributed by atoms with Crippen molar-refractivity contribution in [2.45, 2.75) is 12.5 Å². The molecule has 130 valence electrons. The van der Waals surface area contributed by atoms with E-state index in [4.69, 9.17) is 4.74 Å². The molecule has 2 aromatic rings. The zero-order valence-corrected chi connectivity index (χ0v) is 13.5. The SMILES string of the molecule is COc1ccc(C(=O)NC2CCN(c3ccc(F)cc3)C2=O)cc1F. The third-order valence-corrected chi connectivity index (χ3v) is 4.06. The zero-order chi connectivity index (χ0) is 18.0. The van der Waals surface area contributed by atoms with Gasteiger partial charge in [0.1, 0.15) is 11.9 Å². The molecule has 0 spiro atoms. The second-order valence-corrected chi connectivity index (χ2v) is 5.63. The highest BCUT2D eigenvalue weighted by molar-refractivity contribution is 6.03. The van der Waals surface area contributed by atoms with Crippen molar-refractivity contribution >= 4 is 17.5 Å². The van der Waals surface area contributed by atoms with E-state index in [9.17, 15) is 18.4 Å². The second-order valence-electron chi connectivity index (χ2n) is 5.63. The predicted molar refractivity (Wildman–Crippen MR) is 87.6 cm³/mol. The molecule has 0 saturated carbocycles. The number of anilines is 1. The van der Waals surface area contributed by atoms with Gasteiger partial charge in [-0.05, 0) is 48.9 Å². The number of halogens is 2. The maximum atomic E-state index is 13.7. The zero-order valence-electron chi connectivity index (χ0n) is 13.5. The molecule has 1 aliphatic rings. The van der Waals surface area contributed by atoms with Crippen molar-refractivity contribution in [2.75, 3.05) is 18.6 Å². The first-order valence-corrected chi connectivity index (χ1v) is 7.71. The van der Waals surface area contributed by atoms with E-state index < -0.39 is 17.8 Å². The number of rotatable bonds is 4. The molecule has 0 radical (unpaired) electrons. The van der Waals surface area contributed by atoms with Gasteiger partial charge in [0.2, 0.25) is 5.91 Å². The summed E-state index contributed by atoms with van der Waals surface area (Å²) < 4.78 is 31.5. The van der Waals surface area contributed by atoms with Gasteiger partial charge in [-0.1, -0.05) is 0 Å². The van der Waals surface area contributed by atoms with Crippen LogP contribution < -0.4 is 15.0 Å². The van der Waals surface area contributed by atoms with Crippen molar-refractivity contribution in [1.29, 1.82) is 0 Å². The van der Waals surface area contributed by atoms with Crippen molar-refractivity contribution in [3.05, 3.63) is 59.7 Å². The molecule has 1 aliphatic heterocycles. The Morgan fingerprint density at radius 3 is 2.56 bits per heavy atom. The van der Waals surface area contributed by atoms with Crippen LogP contribution in [0.15, 0.2) is 42.5 Å². The van der Waals surface area contributed by atoms with Gasteiger partial charge >= 0.3 is 0 Å². The van der Waals surface area contributed by atoms with Crippen LogP contribution in [0.3, 0.4) is 0 Å². The fourth-order valence-electron chi connectivity index (χ4n) is 2.74. The highest BCUT2D eigenvalue weighted by Gasteiger charge is 2.33. The molecule has 0 aromatic heterocycles. The number of amides is 2. The molecule has 1 atom stereocenters. The van der Waals surface area contributed by atoms with Crippen LogP contribution in [-0.2, 0) is 4.79 Å². The van der Waals surface area contributed by atoms with E-state index in [0.29, 0.717) is 18.7 Å². The molecular formula is C18H16F2N2O3. The standard InChI is InChI=1S/C18H16F2N2O3/c1-25-16-7-2-11(10-14(16)20)17(23)21-15-8-9-22(18(15)24)13-5-3-12(19)4-6-13/h2-7,10,15H,8-9H2,1H3,(H,21,23). The number of ether oxygens (including phenoxy) is 1. The lowest BCUT2D eigenvalue weighted by Gasteiger charge is -2.17. The summed E-state index contributed by atoms with van der Waals surface area (Å²) in [7, 11) is 1.33. The molecular weight excluding hydrogens is 330 g/mol. The summed E-state index contributed by atoms with van der Waals surface area (Å²) in [6, 6.07) is 8.70. The Kier molecular flexibility index (Phi) is 4.65. The van der Waals surface area contributed by atoms with E-state index >= 15 is 0 Å². The molecule has 0 aliphatic carbocycles. The van der Waals surface area contributed by atoms with Crippen molar-refractivity contribution in [3.63, 3.8) is 0 Å². The predicted octanol–water partition coefficient (Wildman–Crippen LogP) is 2.51. The van der Waals surface area contributed by atoms with Crippen LogP contribution in [0.1, 0.15) is 16.8 Å². The smallest absolute Gasteiger partial charge is 0.252 e. The average molecular weight is 346 g/mol. The molecule has 1 fully saturated rings. The first kappa shape index (κ1) is 16.9. The number of carbonyl (C=O) groups is 2. The lowest BCUT2D eigenvalue weighted by molar-refractivity contribution is -0.118. The maximum Gasteiger partial charge on any atom is 0.252 e. The van der Waals surface area contributed by atoms with Gasteiger partial charge in [-0.2, -0.15) is 0 Å². The fraction of sp³-hybridized carbons (Fsp3) is 0.222. The molecule has 5 nitrogen and oxygen atoms in total. The normalized spacial score (nSPS) is 16.8. The van der Waals surface area contributed by atoms with Gasteiger partial charge in [0.25, 0.3) is 5.91 Å². The van der Waals surface area contributed by atoms with Gasteiger partial charge in [-0.15, -0.1) is 0 Å². The summed E-state index contributed by atoms with van der Waals surface area (Å²) in [6.45, 7) is 0.409. The lowest BCUT2D eigenvalue weighted by Crippen LogP contribution is -2.41. The molecule has 3 rings (SSSR count). The molecule has 25 heavy (non-hydrogen) atoms. The van der Waals surface area contributed by atoms with Gasteiger partial charge in [-0.3, -0.25) is 9.59 Å². The van der Waals surface area contributed by atoms with Gasteiger partial charge < -0.3 is 15.0 Å². The summed E-state index contributed by atoms with van der Waals surface area (Å²) in [5.41, 5.74) is 0.671. The van der Waals surface area contributed by atoms with Crippen LogP contribution in [0.25, 0.3) is 0 Å². The first-order valence-electron chi connectivity index (χ1n) is 7.71. The van der Waals surface area contributed by atoms with Crippen LogP contribution in [0.2, 0.25) is 0 Å². The first-order chi connectivity index (χ1) is 12.0. The summed E-state index contributed by atoms with van der Waals surface area (Å²) in [6.07, 6.45) is 0.417. The highest BCUT2D eigenvalue weighted by Crippen LogP contribution is 2.22. The van der Waals surface area contributed by atoms with Crippen molar-refractivity contribution in [1.82, 2.24) is 5.32 Å². The van der Waals surface area contributed by atoms with Crippen LogP contribution >= 0.6 is 0 Å². The minimum Gasteiger partial charge on any atom is -0.494 e. The third kappa shape index (κ3) is 3.45. The summed E-state index contributed by atoms with van der Waals surface area (Å²) in [5.74, 6) is -1.83. The fourth-order valence-corrected chi connectivity index (χ4v) is 2.74. The number of nitrogens with one attached hydrogen (secondary N) is 1. The van der Waals surface area contributed by atoms with E-state index in [0.717, 1.165) is 6.07 Å². The number of hydrogen-bond acceptors (Lipinski definition) is 3. The Morgan fingerprint density at radius 2 is 1.92 bits per heavy atom. The molecule has 1 heterocycles. The largest absolute Gasteiger partial charge is 0.494 e. The van der Waals surface area contributed by atoms with E-state index in [2.05, 4.69) is 5.32 Å². The van der Waals surface area contributed by atoms with Crippen LogP contribution in [0.5, 0.6) is 5.75 Å². The molecule has 1 unspecified atom stereocenters. The topological polar surface area (TPSA) is 58.6 Å². The van der Waals surface area contributed by atoms with Crippen molar-refractivity contribution in [2.24, 2.45) is 0 Å². The van der Waals surface area contributed by atoms with Crippen LogP contribution in [0, 0.1) is 11.6 Å². The average Bonchev–Trinajstić information content (AvgIpc) is 2.96. The molecule has 1 saturated heterocycles. The van der Waals surface area contributed by atoms with Gasteiger partial charge in [0, 0.05) is 17.8 Å². The minimum absolute atomic E-state index is 0.0379. The summed E-state index contributed by atoms with van der Waals surface area (Å²) in [5, 5.41) is 2.61. The Labute approximate surface area is 143 Å². The Balaban J connectivity index is 1.69. The molecule has 2 amide bonds. The van der Waals surface area contributed by atoms with Crippen molar-refractivity contribution < 1.29 is 23.1 Å². The Bertz CT molecular complexity index is 808. The van der Waals surface area contributed by atoms with E-state index in [1.54, 1.807) is 0 Å². The van der Waals surface area contributed by atoms with E-state index in [1.807, 2.05) is 0 Å². The van der Waals surface area contributed by atoms with Gasteiger partial charge in [0.15, 0.2) is 11.6 Å². The molecule has 0 bridgehead atoms.